The van der Waals surface area contributed by atoms with Crippen molar-refractivity contribution in [2.75, 3.05) is 19.7 Å². The second kappa shape index (κ2) is 5.85. The van der Waals surface area contributed by atoms with Crippen LogP contribution in [0, 0.1) is 12.8 Å². The summed E-state index contributed by atoms with van der Waals surface area (Å²) in [4.78, 5) is 14.2. The van der Waals surface area contributed by atoms with E-state index in [1.54, 1.807) is 0 Å². The first kappa shape index (κ1) is 13.6. The van der Waals surface area contributed by atoms with E-state index in [9.17, 15) is 9.90 Å². The molecular formula is C14H18BrNO2. The Balaban J connectivity index is 2.12. The first-order valence-electron chi connectivity index (χ1n) is 6.28. The molecule has 1 heterocycles. The maximum atomic E-state index is 12.4. The van der Waals surface area contributed by atoms with E-state index in [1.165, 1.54) is 0 Å². The number of rotatable bonds is 2. The van der Waals surface area contributed by atoms with Crippen LogP contribution < -0.4 is 0 Å². The van der Waals surface area contributed by atoms with Gasteiger partial charge in [0.25, 0.3) is 5.91 Å². The van der Waals surface area contributed by atoms with Crippen LogP contribution in [0.5, 0.6) is 0 Å². The smallest absolute Gasteiger partial charge is 0.253 e. The molecule has 1 atom stereocenters. The summed E-state index contributed by atoms with van der Waals surface area (Å²) < 4.78 is 1.02. The Labute approximate surface area is 116 Å². The fraction of sp³-hybridized carbons (Fsp3) is 0.500. The first-order chi connectivity index (χ1) is 8.61. The van der Waals surface area contributed by atoms with Crippen LogP contribution in [-0.4, -0.2) is 35.6 Å². The van der Waals surface area contributed by atoms with Gasteiger partial charge in [0.2, 0.25) is 0 Å². The third kappa shape index (κ3) is 2.93. The fourth-order valence-corrected chi connectivity index (χ4v) is 2.61. The maximum Gasteiger partial charge on any atom is 0.253 e. The summed E-state index contributed by atoms with van der Waals surface area (Å²) in [6.07, 6.45) is 1.99. The molecule has 1 aromatic rings. The van der Waals surface area contributed by atoms with Crippen LogP contribution >= 0.6 is 15.9 Å². The summed E-state index contributed by atoms with van der Waals surface area (Å²) in [5, 5.41) is 9.20. The Hall–Kier alpha value is -0.870. The topological polar surface area (TPSA) is 40.5 Å². The van der Waals surface area contributed by atoms with Crippen molar-refractivity contribution in [1.82, 2.24) is 4.90 Å². The molecule has 1 fully saturated rings. The number of carbonyl (C=O) groups is 1. The molecule has 1 unspecified atom stereocenters. The van der Waals surface area contributed by atoms with E-state index in [1.807, 2.05) is 30.0 Å². The minimum atomic E-state index is 0.0729. The van der Waals surface area contributed by atoms with Crippen LogP contribution in [-0.2, 0) is 0 Å². The fourth-order valence-electron chi connectivity index (χ4n) is 2.36. The Bertz CT molecular complexity index is 447. The number of halogens is 1. The number of likely N-dealkylation sites (tertiary alicyclic amines) is 1. The molecule has 0 radical (unpaired) electrons. The molecule has 0 aliphatic carbocycles. The van der Waals surface area contributed by atoms with Crippen LogP contribution in [0.3, 0.4) is 0 Å². The van der Waals surface area contributed by atoms with Gasteiger partial charge in [0.15, 0.2) is 0 Å². The van der Waals surface area contributed by atoms with Gasteiger partial charge < -0.3 is 10.0 Å². The number of aliphatic hydroxyl groups is 1. The van der Waals surface area contributed by atoms with Gasteiger partial charge in [-0.25, -0.2) is 0 Å². The number of benzene rings is 1. The predicted molar refractivity (Wildman–Crippen MR) is 74.6 cm³/mol. The molecule has 98 valence electrons. The van der Waals surface area contributed by atoms with E-state index in [2.05, 4.69) is 15.9 Å². The van der Waals surface area contributed by atoms with Crippen molar-refractivity contribution in [2.45, 2.75) is 19.8 Å². The highest BCUT2D eigenvalue weighted by molar-refractivity contribution is 9.10. The number of nitrogens with zero attached hydrogens (tertiary/aromatic N) is 1. The quantitative estimate of drug-likeness (QED) is 0.912. The van der Waals surface area contributed by atoms with Crippen molar-refractivity contribution in [3.8, 4) is 0 Å². The molecule has 18 heavy (non-hydrogen) atoms. The third-order valence-corrected chi connectivity index (χ3v) is 4.36. The van der Waals surface area contributed by atoms with Crippen molar-refractivity contribution < 1.29 is 9.90 Å². The summed E-state index contributed by atoms with van der Waals surface area (Å²) in [5.74, 6) is 0.308. The lowest BCUT2D eigenvalue weighted by molar-refractivity contribution is 0.0620. The molecule has 0 bridgehead atoms. The highest BCUT2D eigenvalue weighted by atomic mass is 79.9. The molecule has 1 amide bonds. The number of hydrogen-bond acceptors (Lipinski definition) is 2. The lowest BCUT2D eigenvalue weighted by Gasteiger charge is -2.32. The van der Waals surface area contributed by atoms with Gasteiger partial charge in [-0.2, -0.15) is 0 Å². The van der Waals surface area contributed by atoms with Crippen LogP contribution in [0.4, 0.5) is 0 Å². The monoisotopic (exact) mass is 311 g/mol. The zero-order valence-corrected chi connectivity index (χ0v) is 12.1. The molecule has 1 aromatic carbocycles. The van der Waals surface area contributed by atoms with Gasteiger partial charge in [0, 0.05) is 29.7 Å². The second-order valence-electron chi connectivity index (χ2n) is 4.91. The summed E-state index contributed by atoms with van der Waals surface area (Å²) in [6, 6.07) is 5.67. The Morgan fingerprint density at radius 3 is 3.00 bits per heavy atom. The minimum absolute atomic E-state index is 0.0729. The average molecular weight is 312 g/mol. The van der Waals surface area contributed by atoms with Gasteiger partial charge in [-0.15, -0.1) is 0 Å². The van der Waals surface area contributed by atoms with Gasteiger partial charge in [0.05, 0.1) is 0 Å². The first-order valence-corrected chi connectivity index (χ1v) is 7.07. The largest absolute Gasteiger partial charge is 0.396 e. The second-order valence-corrected chi connectivity index (χ2v) is 5.76. The van der Waals surface area contributed by atoms with Crippen molar-refractivity contribution in [2.24, 2.45) is 5.92 Å². The molecular weight excluding hydrogens is 294 g/mol. The zero-order chi connectivity index (χ0) is 13.1. The number of aliphatic hydroxyl groups excluding tert-OH is 1. The summed E-state index contributed by atoms with van der Waals surface area (Å²) in [5.41, 5.74) is 1.80. The number of hydrogen-bond donors (Lipinski definition) is 1. The number of carbonyl (C=O) groups excluding carboxylic acids is 1. The molecule has 1 saturated heterocycles. The number of piperidine rings is 1. The minimum Gasteiger partial charge on any atom is -0.396 e. The highest BCUT2D eigenvalue weighted by Gasteiger charge is 2.24. The van der Waals surface area contributed by atoms with Crippen LogP contribution in [0.1, 0.15) is 28.8 Å². The summed E-state index contributed by atoms with van der Waals surface area (Å²) in [7, 11) is 0. The van der Waals surface area contributed by atoms with E-state index in [4.69, 9.17) is 0 Å². The van der Waals surface area contributed by atoms with Crippen LogP contribution in [0.2, 0.25) is 0 Å². The van der Waals surface area contributed by atoms with Crippen molar-refractivity contribution >= 4 is 21.8 Å². The standard InChI is InChI=1S/C14H18BrNO2/c1-10-7-12(4-5-13(10)15)14(18)16-6-2-3-11(8-16)9-17/h4-5,7,11,17H,2-3,6,8-9H2,1H3. The molecule has 1 aliphatic heterocycles. The molecule has 4 heteroatoms. The van der Waals surface area contributed by atoms with Crippen molar-refractivity contribution in [3.05, 3.63) is 33.8 Å². The molecule has 0 aromatic heterocycles. The van der Waals surface area contributed by atoms with Crippen molar-refractivity contribution in [3.63, 3.8) is 0 Å². The van der Waals surface area contributed by atoms with Gasteiger partial charge >= 0.3 is 0 Å². The normalized spacial score (nSPS) is 19.9. The van der Waals surface area contributed by atoms with Crippen LogP contribution in [0.15, 0.2) is 22.7 Å². The van der Waals surface area contributed by atoms with Gasteiger partial charge in [-0.05, 0) is 49.4 Å². The lowest BCUT2D eigenvalue weighted by atomic mass is 9.98. The molecule has 1 N–H and O–H groups in total. The molecule has 0 saturated carbocycles. The van der Waals surface area contributed by atoms with Crippen LogP contribution in [0.25, 0.3) is 0 Å². The SMILES string of the molecule is Cc1cc(C(=O)N2CCCC(CO)C2)ccc1Br. The highest BCUT2D eigenvalue weighted by Crippen LogP contribution is 2.21. The predicted octanol–water partition coefficient (Wildman–Crippen LogP) is 2.60. The van der Waals surface area contributed by atoms with E-state index < -0.39 is 0 Å². The Morgan fingerprint density at radius 2 is 2.33 bits per heavy atom. The van der Waals surface area contributed by atoms with E-state index >= 15 is 0 Å². The molecule has 0 spiro atoms. The summed E-state index contributed by atoms with van der Waals surface area (Å²) in [6.45, 7) is 3.62. The lowest BCUT2D eigenvalue weighted by Crippen LogP contribution is -2.40. The third-order valence-electron chi connectivity index (χ3n) is 3.47. The number of amides is 1. The maximum absolute atomic E-state index is 12.4. The van der Waals surface area contributed by atoms with E-state index in [0.717, 1.165) is 35.0 Å². The van der Waals surface area contributed by atoms with E-state index in [0.29, 0.717) is 6.54 Å². The van der Waals surface area contributed by atoms with E-state index in [-0.39, 0.29) is 18.4 Å². The summed E-state index contributed by atoms with van der Waals surface area (Å²) >= 11 is 3.44. The van der Waals surface area contributed by atoms with Gasteiger partial charge in [-0.1, -0.05) is 15.9 Å². The molecule has 1 aliphatic rings. The Morgan fingerprint density at radius 1 is 1.56 bits per heavy atom. The molecule has 2 rings (SSSR count). The van der Waals surface area contributed by atoms with Crippen molar-refractivity contribution in [1.29, 1.82) is 0 Å². The average Bonchev–Trinajstić information content (AvgIpc) is 2.41. The Kier molecular flexibility index (Phi) is 4.40. The zero-order valence-electron chi connectivity index (χ0n) is 10.5. The van der Waals surface area contributed by atoms with Gasteiger partial charge in [-0.3, -0.25) is 4.79 Å². The van der Waals surface area contributed by atoms with Gasteiger partial charge in [0.1, 0.15) is 0 Å². The molecule has 3 nitrogen and oxygen atoms in total. The number of aryl methyl sites for hydroxylation is 1.